The first-order valence-electron chi connectivity index (χ1n) is 10.3. The monoisotopic (exact) mass is 472 g/mol. The SMILES string of the molecule is C[C@@H]1OCC2(CCN(c3nc4c(c(=O)n3C)C(c3ccnc(Br)c3)=NC4)CC2)[C@@H]1N. The lowest BCUT2D eigenvalue weighted by Gasteiger charge is -2.41. The quantitative estimate of drug-likeness (QED) is 0.666. The van der Waals surface area contributed by atoms with E-state index >= 15 is 0 Å². The van der Waals surface area contributed by atoms with Crippen LogP contribution < -0.4 is 16.2 Å². The van der Waals surface area contributed by atoms with Gasteiger partial charge in [-0.05, 0) is 47.8 Å². The summed E-state index contributed by atoms with van der Waals surface area (Å²) in [5, 5.41) is 0. The number of nitrogens with two attached hydrogens (primary N) is 1. The Morgan fingerprint density at radius 3 is 2.77 bits per heavy atom. The first kappa shape index (κ1) is 19.8. The van der Waals surface area contributed by atoms with E-state index in [1.165, 1.54) is 0 Å². The Morgan fingerprint density at radius 2 is 2.10 bits per heavy atom. The predicted molar refractivity (Wildman–Crippen MR) is 118 cm³/mol. The molecule has 0 aromatic carbocycles. The number of aliphatic imine (C=N–C) groups is 1. The van der Waals surface area contributed by atoms with Crippen LogP contribution in [0, 0.1) is 5.41 Å². The summed E-state index contributed by atoms with van der Waals surface area (Å²) < 4.78 is 8.19. The highest BCUT2D eigenvalue weighted by Gasteiger charge is 2.48. The lowest BCUT2D eigenvalue weighted by atomic mass is 9.73. The van der Waals surface area contributed by atoms with Crippen molar-refractivity contribution in [1.82, 2.24) is 14.5 Å². The number of pyridine rings is 1. The Bertz CT molecular complexity index is 1090. The average molecular weight is 473 g/mol. The van der Waals surface area contributed by atoms with Crippen molar-refractivity contribution in [2.75, 3.05) is 24.6 Å². The summed E-state index contributed by atoms with van der Waals surface area (Å²) in [5.74, 6) is 0.710. The molecule has 0 radical (unpaired) electrons. The topological polar surface area (TPSA) is 98.6 Å². The summed E-state index contributed by atoms with van der Waals surface area (Å²) in [6.07, 6.45) is 3.69. The first-order chi connectivity index (χ1) is 14.4. The van der Waals surface area contributed by atoms with E-state index in [1.807, 2.05) is 12.1 Å². The molecule has 2 aromatic heterocycles. The molecule has 3 aliphatic heterocycles. The molecule has 2 aromatic rings. The first-order valence-corrected chi connectivity index (χ1v) is 11.1. The lowest BCUT2D eigenvalue weighted by molar-refractivity contribution is 0.0973. The zero-order valence-electron chi connectivity index (χ0n) is 17.1. The zero-order valence-corrected chi connectivity index (χ0v) is 18.7. The van der Waals surface area contributed by atoms with E-state index in [0.717, 1.165) is 43.8 Å². The van der Waals surface area contributed by atoms with Crippen LogP contribution in [-0.4, -0.2) is 52.1 Å². The Kier molecular flexibility index (Phi) is 4.79. The molecule has 30 heavy (non-hydrogen) atoms. The third-order valence-corrected chi connectivity index (χ3v) is 7.29. The van der Waals surface area contributed by atoms with Gasteiger partial charge in [0, 0.05) is 43.4 Å². The van der Waals surface area contributed by atoms with Gasteiger partial charge in [0.1, 0.15) is 4.60 Å². The maximum Gasteiger partial charge on any atom is 0.264 e. The van der Waals surface area contributed by atoms with Gasteiger partial charge in [-0.2, -0.15) is 0 Å². The van der Waals surface area contributed by atoms with Crippen LogP contribution in [0.15, 0.2) is 32.7 Å². The highest BCUT2D eigenvalue weighted by atomic mass is 79.9. The highest BCUT2D eigenvalue weighted by molar-refractivity contribution is 9.10. The molecule has 0 unspecified atom stereocenters. The van der Waals surface area contributed by atoms with Crippen molar-refractivity contribution in [2.45, 2.75) is 38.5 Å². The molecular formula is C21H25BrN6O2. The minimum Gasteiger partial charge on any atom is -0.376 e. The van der Waals surface area contributed by atoms with Crippen LogP contribution in [-0.2, 0) is 18.3 Å². The molecule has 0 aliphatic carbocycles. The van der Waals surface area contributed by atoms with Gasteiger partial charge in [0.05, 0.1) is 36.2 Å². The number of rotatable bonds is 2. The largest absolute Gasteiger partial charge is 0.376 e. The van der Waals surface area contributed by atoms with Gasteiger partial charge in [-0.15, -0.1) is 0 Å². The van der Waals surface area contributed by atoms with Crippen LogP contribution >= 0.6 is 15.9 Å². The van der Waals surface area contributed by atoms with Gasteiger partial charge in [-0.3, -0.25) is 14.4 Å². The van der Waals surface area contributed by atoms with Crippen LogP contribution in [0.25, 0.3) is 0 Å². The van der Waals surface area contributed by atoms with Crippen molar-refractivity contribution in [1.29, 1.82) is 0 Å². The van der Waals surface area contributed by atoms with Crippen molar-refractivity contribution >= 4 is 27.6 Å². The van der Waals surface area contributed by atoms with E-state index in [9.17, 15) is 4.79 Å². The number of hydrogen-bond donors (Lipinski definition) is 1. The predicted octanol–water partition coefficient (Wildman–Crippen LogP) is 1.62. The smallest absolute Gasteiger partial charge is 0.264 e. The molecular weight excluding hydrogens is 448 g/mol. The van der Waals surface area contributed by atoms with E-state index in [4.69, 9.17) is 15.5 Å². The number of aromatic nitrogens is 3. The fourth-order valence-electron chi connectivity index (χ4n) is 4.91. The van der Waals surface area contributed by atoms with Gasteiger partial charge < -0.3 is 15.4 Å². The molecule has 0 bridgehead atoms. The highest BCUT2D eigenvalue weighted by Crippen LogP contribution is 2.41. The summed E-state index contributed by atoms with van der Waals surface area (Å²) in [6, 6.07) is 3.80. The van der Waals surface area contributed by atoms with Gasteiger partial charge in [0.25, 0.3) is 5.56 Å². The van der Waals surface area contributed by atoms with Crippen molar-refractivity contribution in [2.24, 2.45) is 23.2 Å². The van der Waals surface area contributed by atoms with Gasteiger partial charge in [0.2, 0.25) is 5.95 Å². The summed E-state index contributed by atoms with van der Waals surface area (Å²) in [5.41, 5.74) is 9.31. The molecule has 2 atom stereocenters. The number of fused-ring (bicyclic) bond motifs is 1. The number of halogens is 1. The minimum atomic E-state index is -0.0611. The number of piperidine rings is 1. The maximum absolute atomic E-state index is 13.3. The fourth-order valence-corrected chi connectivity index (χ4v) is 5.28. The van der Waals surface area contributed by atoms with Crippen LogP contribution in [0.2, 0.25) is 0 Å². The van der Waals surface area contributed by atoms with E-state index in [1.54, 1.807) is 17.8 Å². The summed E-state index contributed by atoms with van der Waals surface area (Å²) in [6.45, 7) is 4.82. The fraction of sp³-hybridized carbons (Fsp3) is 0.524. The second-order valence-electron chi connectivity index (χ2n) is 8.52. The number of anilines is 1. The summed E-state index contributed by atoms with van der Waals surface area (Å²) >= 11 is 3.39. The molecule has 5 heterocycles. The van der Waals surface area contributed by atoms with E-state index < -0.39 is 0 Å². The Morgan fingerprint density at radius 1 is 1.33 bits per heavy atom. The van der Waals surface area contributed by atoms with Gasteiger partial charge >= 0.3 is 0 Å². The molecule has 1 spiro atoms. The number of nitrogens with zero attached hydrogens (tertiary/aromatic N) is 5. The molecule has 2 N–H and O–H groups in total. The molecule has 9 heteroatoms. The second kappa shape index (κ2) is 7.25. The van der Waals surface area contributed by atoms with E-state index in [-0.39, 0.29) is 23.1 Å². The van der Waals surface area contributed by atoms with Crippen molar-refractivity contribution in [3.8, 4) is 0 Å². The molecule has 8 nitrogen and oxygen atoms in total. The van der Waals surface area contributed by atoms with Crippen molar-refractivity contribution < 1.29 is 4.74 Å². The Hall–Kier alpha value is -2.10. The third kappa shape index (κ3) is 3.02. The third-order valence-electron chi connectivity index (χ3n) is 6.85. The van der Waals surface area contributed by atoms with Crippen LogP contribution in [0.3, 0.4) is 0 Å². The standard InChI is InChI=1S/C21H25BrN6O2/c1-12-18(23)21(11-30-12)4-7-28(8-5-21)20-26-14-10-25-17(16(14)19(29)27(20)2)13-3-6-24-15(22)9-13/h3,6,9,12,18H,4-5,7-8,10-11,23H2,1-2H3/t12-,18+/m0/s1. The average Bonchev–Trinajstić information content (AvgIpc) is 3.29. The normalized spacial score (nSPS) is 24.9. The number of hydrogen-bond acceptors (Lipinski definition) is 7. The Labute approximate surface area is 183 Å². The molecule has 2 fully saturated rings. The maximum atomic E-state index is 13.3. The van der Waals surface area contributed by atoms with Crippen LogP contribution in [0.1, 0.15) is 36.6 Å². The number of ether oxygens (including phenoxy) is 1. The lowest BCUT2D eigenvalue weighted by Crippen LogP contribution is -2.51. The van der Waals surface area contributed by atoms with Crippen LogP contribution in [0.4, 0.5) is 5.95 Å². The molecule has 2 saturated heterocycles. The van der Waals surface area contributed by atoms with E-state index in [2.05, 4.69) is 37.7 Å². The Balaban J connectivity index is 1.43. The molecule has 5 rings (SSSR count). The molecule has 3 aliphatic rings. The minimum absolute atomic E-state index is 0.0382. The second-order valence-corrected chi connectivity index (χ2v) is 9.33. The summed E-state index contributed by atoms with van der Waals surface area (Å²) in [7, 11) is 1.79. The van der Waals surface area contributed by atoms with Crippen molar-refractivity contribution in [3.63, 3.8) is 0 Å². The van der Waals surface area contributed by atoms with Crippen LogP contribution in [0.5, 0.6) is 0 Å². The summed E-state index contributed by atoms with van der Waals surface area (Å²) in [4.78, 5) is 29.1. The van der Waals surface area contributed by atoms with Crippen molar-refractivity contribution in [3.05, 3.63) is 50.1 Å². The van der Waals surface area contributed by atoms with Gasteiger partial charge in [0.15, 0.2) is 0 Å². The zero-order chi connectivity index (χ0) is 21.0. The van der Waals surface area contributed by atoms with Gasteiger partial charge in [-0.1, -0.05) is 0 Å². The van der Waals surface area contributed by atoms with E-state index in [0.29, 0.717) is 28.4 Å². The molecule has 158 valence electrons. The van der Waals surface area contributed by atoms with Gasteiger partial charge in [-0.25, -0.2) is 9.97 Å². The molecule has 0 saturated carbocycles. The molecule has 0 amide bonds.